The van der Waals surface area contributed by atoms with Gasteiger partial charge >= 0.3 is 11.7 Å². The molecule has 0 bridgehead atoms. The van der Waals surface area contributed by atoms with Gasteiger partial charge in [-0.25, -0.2) is 9.18 Å². The molecule has 0 spiro atoms. The van der Waals surface area contributed by atoms with Crippen molar-refractivity contribution in [1.29, 1.82) is 0 Å². The highest BCUT2D eigenvalue weighted by atomic mass is 19.1. The number of ether oxygens (including phenoxy) is 1. The first kappa shape index (κ1) is 14.7. The smallest absolute Gasteiger partial charge is 0.339 e. The van der Waals surface area contributed by atoms with Crippen LogP contribution in [0.1, 0.15) is 22.0 Å². The molecule has 1 unspecified atom stereocenters. The first-order valence-electron chi connectivity index (χ1n) is 6.73. The zero-order valence-corrected chi connectivity index (χ0v) is 11.7. The number of esters is 1. The van der Waals surface area contributed by atoms with Crippen LogP contribution in [0.5, 0.6) is 0 Å². The second kappa shape index (κ2) is 5.88. The van der Waals surface area contributed by atoms with Crippen molar-refractivity contribution in [3.05, 3.63) is 87.5 Å². The van der Waals surface area contributed by atoms with E-state index >= 15 is 0 Å². The van der Waals surface area contributed by atoms with Crippen LogP contribution in [0, 0.1) is 15.9 Å². The lowest BCUT2D eigenvalue weighted by Gasteiger charge is -2.08. The largest absolute Gasteiger partial charge is 0.442 e. The van der Waals surface area contributed by atoms with Crippen molar-refractivity contribution in [2.45, 2.75) is 6.10 Å². The van der Waals surface area contributed by atoms with E-state index in [0.717, 1.165) is 6.20 Å². The lowest BCUT2D eigenvalue weighted by Crippen LogP contribution is -2.12. The monoisotopic (exact) mass is 314 g/mol. The average molecular weight is 314 g/mol. The van der Waals surface area contributed by atoms with E-state index in [1.807, 2.05) is 0 Å². The first-order chi connectivity index (χ1) is 11.1. The lowest BCUT2D eigenvalue weighted by atomic mass is 10.0. The predicted molar refractivity (Wildman–Crippen MR) is 79.7 cm³/mol. The van der Waals surface area contributed by atoms with Gasteiger partial charge in [0.25, 0.3) is 0 Å². The fourth-order valence-electron chi connectivity index (χ4n) is 2.29. The Hall–Kier alpha value is -3.22. The molecule has 7 heteroatoms. The number of anilines is 1. The van der Waals surface area contributed by atoms with Crippen molar-refractivity contribution in [2.24, 2.45) is 0 Å². The third-order valence-electron chi connectivity index (χ3n) is 3.40. The number of halogens is 1. The Bertz CT molecular complexity index is 802. The first-order valence-corrected chi connectivity index (χ1v) is 6.73. The minimum atomic E-state index is -1.08. The third kappa shape index (κ3) is 2.89. The molecule has 0 saturated heterocycles. The zero-order valence-electron chi connectivity index (χ0n) is 11.7. The molecule has 23 heavy (non-hydrogen) atoms. The molecule has 1 heterocycles. The SMILES string of the molecule is O=C1OC(/C(=C/Nc2ccc(F)cc2)[N+](=O)[O-])c2ccccc21. The van der Waals surface area contributed by atoms with Crippen molar-refractivity contribution in [3.8, 4) is 0 Å². The summed E-state index contributed by atoms with van der Waals surface area (Å²) in [6, 6.07) is 11.9. The van der Waals surface area contributed by atoms with Crippen LogP contribution in [0.3, 0.4) is 0 Å². The molecule has 6 nitrogen and oxygen atoms in total. The highest BCUT2D eigenvalue weighted by Gasteiger charge is 2.39. The summed E-state index contributed by atoms with van der Waals surface area (Å²) in [7, 11) is 0. The summed E-state index contributed by atoms with van der Waals surface area (Å²) in [5.41, 5.74) is 0.921. The summed E-state index contributed by atoms with van der Waals surface area (Å²) in [4.78, 5) is 22.5. The van der Waals surface area contributed by atoms with E-state index in [2.05, 4.69) is 5.32 Å². The van der Waals surface area contributed by atoms with Gasteiger partial charge < -0.3 is 10.1 Å². The van der Waals surface area contributed by atoms with E-state index in [-0.39, 0.29) is 5.70 Å². The van der Waals surface area contributed by atoms with Crippen LogP contribution in [0.15, 0.2) is 60.4 Å². The number of rotatable bonds is 4. The standard InChI is InChI=1S/C16H11FN2O4/c17-10-5-7-11(8-6-10)18-9-14(19(21)22)15-12-3-1-2-4-13(12)16(20)23-15/h1-9,15,18H/b14-9-. The Kier molecular flexibility index (Phi) is 3.76. The number of nitrogens with one attached hydrogen (secondary N) is 1. The second-order valence-corrected chi connectivity index (χ2v) is 4.85. The Balaban J connectivity index is 1.91. The van der Waals surface area contributed by atoms with Crippen LogP contribution in [0.25, 0.3) is 0 Å². The molecule has 2 aromatic carbocycles. The van der Waals surface area contributed by atoms with Gasteiger partial charge in [-0.1, -0.05) is 18.2 Å². The molecule has 1 aliphatic heterocycles. The van der Waals surface area contributed by atoms with Crippen LogP contribution in [-0.2, 0) is 4.74 Å². The van der Waals surface area contributed by atoms with Crippen molar-refractivity contribution in [2.75, 3.05) is 5.32 Å². The number of carbonyl (C=O) groups is 1. The van der Waals surface area contributed by atoms with E-state index in [1.54, 1.807) is 24.3 Å². The summed E-state index contributed by atoms with van der Waals surface area (Å²) < 4.78 is 18.0. The van der Waals surface area contributed by atoms with Gasteiger partial charge in [-0.15, -0.1) is 0 Å². The maximum atomic E-state index is 12.9. The molecule has 0 fully saturated rings. The Labute approximate surface area is 130 Å². The van der Waals surface area contributed by atoms with E-state index < -0.39 is 22.8 Å². The second-order valence-electron chi connectivity index (χ2n) is 4.85. The third-order valence-corrected chi connectivity index (χ3v) is 3.40. The summed E-state index contributed by atoms with van der Waals surface area (Å²) in [6.07, 6.45) is 0.0643. The number of cyclic esters (lactones) is 1. The van der Waals surface area contributed by atoms with Crippen molar-refractivity contribution in [1.82, 2.24) is 0 Å². The van der Waals surface area contributed by atoms with Gasteiger partial charge in [0.15, 0.2) is 0 Å². The fourth-order valence-corrected chi connectivity index (χ4v) is 2.29. The number of nitro groups is 1. The molecular weight excluding hydrogens is 303 g/mol. The van der Waals surface area contributed by atoms with Gasteiger partial charge in [-0.2, -0.15) is 0 Å². The molecule has 0 aromatic heterocycles. The number of hydrogen-bond acceptors (Lipinski definition) is 5. The summed E-state index contributed by atoms with van der Waals surface area (Å²) in [5, 5.41) is 14.0. The molecule has 0 saturated carbocycles. The number of fused-ring (bicyclic) bond motifs is 1. The predicted octanol–water partition coefficient (Wildman–Crippen LogP) is 3.27. The van der Waals surface area contributed by atoms with Crippen LogP contribution in [0.4, 0.5) is 10.1 Å². The molecular formula is C16H11FN2O4. The van der Waals surface area contributed by atoms with Crippen molar-refractivity contribution >= 4 is 11.7 Å². The van der Waals surface area contributed by atoms with Crippen LogP contribution in [0.2, 0.25) is 0 Å². The highest BCUT2D eigenvalue weighted by molar-refractivity contribution is 5.94. The van der Waals surface area contributed by atoms with Gasteiger partial charge in [-0.05, 0) is 30.3 Å². The van der Waals surface area contributed by atoms with Crippen molar-refractivity contribution in [3.63, 3.8) is 0 Å². The summed E-state index contributed by atoms with van der Waals surface area (Å²) >= 11 is 0. The fraction of sp³-hybridized carbons (Fsp3) is 0.0625. The minimum Gasteiger partial charge on any atom is -0.442 e. The molecule has 2 aromatic rings. The molecule has 116 valence electrons. The van der Waals surface area contributed by atoms with E-state index in [1.165, 1.54) is 24.3 Å². The molecule has 0 aliphatic carbocycles. The molecule has 3 rings (SSSR count). The van der Waals surface area contributed by atoms with Gasteiger partial charge in [0.05, 0.1) is 16.7 Å². The normalized spacial score (nSPS) is 16.7. The van der Waals surface area contributed by atoms with Crippen LogP contribution < -0.4 is 5.32 Å². The maximum absolute atomic E-state index is 12.9. The molecule has 1 aliphatic rings. The highest BCUT2D eigenvalue weighted by Crippen LogP contribution is 2.35. The summed E-state index contributed by atoms with van der Waals surface area (Å²) in [6.45, 7) is 0. The van der Waals surface area contributed by atoms with E-state index in [4.69, 9.17) is 4.74 Å². The maximum Gasteiger partial charge on any atom is 0.339 e. The van der Waals surface area contributed by atoms with E-state index in [0.29, 0.717) is 16.8 Å². The number of nitrogens with zero attached hydrogens (tertiary/aromatic N) is 1. The number of hydrogen-bond donors (Lipinski definition) is 1. The molecule has 1 atom stereocenters. The van der Waals surface area contributed by atoms with E-state index in [9.17, 15) is 19.3 Å². The van der Waals surface area contributed by atoms with Gasteiger partial charge in [-0.3, -0.25) is 10.1 Å². The Morgan fingerprint density at radius 2 is 1.91 bits per heavy atom. The van der Waals surface area contributed by atoms with Gasteiger partial charge in [0.2, 0.25) is 6.10 Å². The summed E-state index contributed by atoms with van der Waals surface area (Å²) in [5.74, 6) is -1.01. The zero-order chi connectivity index (χ0) is 16.4. The lowest BCUT2D eigenvalue weighted by molar-refractivity contribution is -0.436. The molecule has 1 N–H and O–H groups in total. The Morgan fingerprint density at radius 1 is 1.22 bits per heavy atom. The van der Waals surface area contributed by atoms with Crippen molar-refractivity contribution < 1.29 is 18.8 Å². The van der Waals surface area contributed by atoms with Crippen LogP contribution >= 0.6 is 0 Å². The Morgan fingerprint density at radius 3 is 2.61 bits per heavy atom. The minimum absolute atomic E-state index is 0.312. The average Bonchev–Trinajstić information content (AvgIpc) is 2.87. The van der Waals surface area contributed by atoms with Gasteiger partial charge in [0, 0.05) is 11.3 Å². The molecule has 0 amide bonds. The topological polar surface area (TPSA) is 81.5 Å². The van der Waals surface area contributed by atoms with Gasteiger partial charge in [0.1, 0.15) is 5.82 Å². The molecule has 0 radical (unpaired) electrons. The quantitative estimate of drug-likeness (QED) is 0.532. The van der Waals surface area contributed by atoms with Crippen LogP contribution in [-0.4, -0.2) is 10.9 Å². The number of carbonyl (C=O) groups excluding carboxylic acids is 1. The number of benzene rings is 2.